The molecule has 1 aromatic heterocycles. The van der Waals surface area contributed by atoms with Crippen LogP contribution in [0.25, 0.3) is 11.1 Å². The second-order valence-corrected chi connectivity index (χ2v) is 3.71. The molecule has 2 rings (SSSR count). The molecule has 0 aliphatic carbocycles. The Morgan fingerprint density at radius 3 is 2.88 bits per heavy atom. The van der Waals surface area contributed by atoms with Gasteiger partial charge in [0.25, 0.3) is 5.76 Å². The highest BCUT2D eigenvalue weighted by atomic mass is 35.5. The summed E-state index contributed by atoms with van der Waals surface area (Å²) in [5.74, 6) is -1.42. The summed E-state index contributed by atoms with van der Waals surface area (Å²) in [7, 11) is 0. The minimum Gasteiger partial charge on any atom is -0.475 e. The van der Waals surface area contributed by atoms with E-state index in [0.717, 1.165) is 5.56 Å². The van der Waals surface area contributed by atoms with Crippen molar-refractivity contribution in [1.82, 2.24) is 5.16 Å². The third-order valence-corrected chi connectivity index (χ3v) is 2.41. The van der Waals surface area contributed by atoms with E-state index in [4.69, 9.17) is 16.7 Å². The van der Waals surface area contributed by atoms with E-state index in [1.807, 2.05) is 25.1 Å². The fourth-order valence-electron chi connectivity index (χ4n) is 1.47. The maximum Gasteiger partial charge on any atom is 0.375 e. The molecule has 0 fully saturated rings. The Morgan fingerprint density at radius 1 is 1.50 bits per heavy atom. The predicted molar refractivity (Wildman–Crippen MR) is 58.6 cm³/mol. The quantitative estimate of drug-likeness (QED) is 0.872. The highest BCUT2D eigenvalue weighted by Crippen LogP contribution is 2.31. The number of halogens is 1. The lowest BCUT2D eigenvalue weighted by atomic mass is 10.0. The van der Waals surface area contributed by atoms with Gasteiger partial charge in [-0.05, 0) is 12.5 Å². The van der Waals surface area contributed by atoms with E-state index in [1.54, 1.807) is 6.07 Å². The van der Waals surface area contributed by atoms with Crippen molar-refractivity contribution in [2.45, 2.75) is 6.92 Å². The Bertz CT molecular complexity index is 548. The van der Waals surface area contributed by atoms with Crippen LogP contribution in [0.4, 0.5) is 0 Å². The minimum absolute atomic E-state index is 0.0583. The molecule has 1 N–H and O–H groups in total. The van der Waals surface area contributed by atoms with Crippen molar-refractivity contribution in [3.8, 4) is 11.1 Å². The summed E-state index contributed by atoms with van der Waals surface area (Å²) in [4.78, 5) is 10.9. The zero-order valence-electron chi connectivity index (χ0n) is 8.40. The topological polar surface area (TPSA) is 63.3 Å². The fourth-order valence-corrected chi connectivity index (χ4v) is 1.70. The summed E-state index contributed by atoms with van der Waals surface area (Å²) in [6, 6.07) is 7.31. The summed E-state index contributed by atoms with van der Waals surface area (Å²) in [5, 5.41) is 12.4. The Kier molecular flexibility index (Phi) is 2.66. The second kappa shape index (κ2) is 3.98. The van der Waals surface area contributed by atoms with Gasteiger partial charge in [-0.2, -0.15) is 0 Å². The van der Waals surface area contributed by atoms with E-state index in [-0.39, 0.29) is 10.9 Å². The number of aromatic nitrogens is 1. The van der Waals surface area contributed by atoms with Crippen molar-refractivity contribution < 1.29 is 14.4 Å². The number of hydrogen-bond acceptors (Lipinski definition) is 3. The van der Waals surface area contributed by atoms with Crippen molar-refractivity contribution in [1.29, 1.82) is 0 Å². The van der Waals surface area contributed by atoms with Crippen LogP contribution in [0, 0.1) is 6.92 Å². The van der Waals surface area contributed by atoms with Crippen LogP contribution in [0.15, 0.2) is 28.8 Å². The Hall–Kier alpha value is -1.81. The standard InChI is InChI=1S/C11H8ClNO3/c1-6-3-2-4-7(5-6)8-9(11(14)15)16-13-10(8)12/h2-5H,1H3,(H,14,15). The highest BCUT2D eigenvalue weighted by molar-refractivity contribution is 6.32. The molecule has 0 radical (unpaired) electrons. The molecule has 4 nitrogen and oxygen atoms in total. The van der Waals surface area contributed by atoms with Gasteiger partial charge in [0.2, 0.25) is 0 Å². The lowest BCUT2D eigenvalue weighted by Crippen LogP contribution is -1.96. The predicted octanol–water partition coefficient (Wildman–Crippen LogP) is 3.00. The van der Waals surface area contributed by atoms with Crippen LogP contribution in [0.5, 0.6) is 0 Å². The first-order valence-electron chi connectivity index (χ1n) is 4.55. The number of nitrogens with zero attached hydrogens (tertiary/aromatic N) is 1. The summed E-state index contributed by atoms with van der Waals surface area (Å²) in [6.45, 7) is 1.91. The number of benzene rings is 1. The van der Waals surface area contributed by atoms with Crippen LogP contribution in [-0.2, 0) is 0 Å². The first kappa shape index (κ1) is 10.7. The Balaban J connectivity index is 2.63. The molecule has 1 aromatic carbocycles. The molecule has 0 atom stereocenters. The molecule has 5 heteroatoms. The molecule has 0 spiro atoms. The lowest BCUT2D eigenvalue weighted by Gasteiger charge is -2.00. The number of carbonyl (C=O) groups is 1. The zero-order chi connectivity index (χ0) is 11.7. The second-order valence-electron chi connectivity index (χ2n) is 3.35. The van der Waals surface area contributed by atoms with Gasteiger partial charge in [-0.25, -0.2) is 4.79 Å². The van der Waals surface area contributed by atoms with Gasteiger partial charge in [-0.15, -0.1) is 0 Å². The molecule has 0 bridgehead atoms. The van der Waals surface area contributed by atoms with Crippen molar-refractivity contribution in [3.63, 3.8) is 0 Å². The van der Waals surface area contributed by atoms with E-state index in [0.29, 0.717) is 11.1 Å². The van der Waals surface area contributed by atoms with Crippen LogP contribution in [0.3, 0.4) is 0 Å². The van der Waals surface area contributed by atoms with Crippen LogP contribution < -0.4 is 0 Å². The largest absolute Gasteiger partial charge is 0.475 e. The highest BCUT2D eigenvalue weighted by Gasteiger charge is 2.21. The van der Waals surface area contributed by atoms with Gasteiger partial charge >= 0.3 is 5.97 Å². The van der Waals surface area contributed by atoms with Gasteiger partial charge in [0.1, 0.15) is 0 Å². The fraction of sp³-hybridized carbons (Fsp3) is 0.0909. The molecule has 0 aliphatic rings. The molecule has 82 valence electrons. The average Bonchev–Trinajstić information content (AvgIpc) is 2.60. The van der Waals surface area contributed by atoms with E-state index in [1.165, 1.54) is 0 Å². The smallest absolute Gasteiger partial charge is 0.375 e. The van der Waals surface area contributed by atoms with Crippen LogP contribution in [0.1, 0.15) is 16.1 Å². The van der Waals surface area contributed by atoms with Crippen molar-refractivity contribution in [2.24, 2.45) is 0 Å². The minimum atomic E-state index is -1.18. The number of aromatic carboxylic acids is 1. The van der Waals surface area contributed by atoms with Crippen LogP contribution >= 0.6 is 11.6 Å². The van der Waals surface area contributed by atoms with Gasteiger partial charge in [-0.3, -0.25) is 0 Å². The molecule has 0 aliphatic heterocycles. The zero-order valence-corrected chi connectivity index (χ0v) is 9.15. The Labute approximate surface area is 96.4 Å². The maximum atomic E-state index is 10.9. The molecule has 0 saturated heterocycles. The monoisotopic (exact) mass is 237 g/mol. The lowest BCUT2D eigenvalue weighted by molar-refractivity contribution is 0.0653. The average molecular weight is 238 g/mol. The van der Waals surface area contributed by atoms with Crippen molar-refractivity contribution >= 4 is 17.6 Å². The summed E-state index contributed by atoms with van der Waals surface area (Å²) < 4.78 is 4.67. The van der Waals surface area contributed by atoms with Crippen LogP contribution in [-0.4, -0.2) is 16.2 Å². The van der Waals surface area contributed by atoms with Crippen molar-refractivity contribution in [3.05, 3.63) is 40.7 Å². The SMILES string of the molecule is Cc1cccc(-c2c(Cl)noc2C(=O)O)c1. The molecular weight excluding hydrogens is 230 g/mol. The number of hydrogen-bond donors (Lipinski definition) is 1. The molecule has 0 amide bonds. The van der Waals surface area contributed by atoms with Gasteiger partial charge in [-0.1, -0.05) is 46.6 Å². The number of carboxylic acid groups (broad SMARTS) is 1. The molecule has 16 heavy (non-hydrogen) atoms. The van der Waals surface area contributed by atoms with Gasteiger partial charge in [0.05, 0.1) is 5.56 Å². The summed E-state index contributed by atoms with van der Waals surface area (Å²) in [6.07, 6.45) is 0. The Morgan fingerprint density at radius 2 is 2.25 bits per heavy atom. The third kappa shape index (κ3) is 1.79. The first-order chi connectivity index (χ1) is 7.59. The van der Waals surface area contributed by atoms with E-state index in [9.17, 15) is 4.79 Å². The van der Waals surface area contributed by atoms with E-state index < -0.39 is 5.97 Å². The van der Waals surface area contributed by atoms with E-state index in [2.05, 4.69) is 9.68 Å². The number of carboxylic acids is 1. The molecular formula is C11H8ClNO3. The third-order valence-electron chi connectivity index (χ3n) is 2.15. The summed E-state index contributed by atoms with van der Waals surface area (Å²) in [5.41, 5.74) is 2.01. The summed E-state index contributed by atoms with van der Waals surface area (Å²) >= 11 is 5.81. The van der Waals surface area contributed by atoms with Crippen molar-refractivity contribution in [2.75, 3.05) is 0 Å². The molecule has 2 aromatic rings. The van der Waals surface area contributed by atoms with Gasteiger partial charge < -0.3 is 9.63 Å². The number of rotatable bonds is 2. The van der Waals surface area contributed by atoms with Gasteiger partial charge in [0, 0.05) is 0 Å². The van der Waals surface area contributed by atoms with Gasteiger partial charge in [0.15, 0.2) is 5.15 Å². The normalized spacial score (nSPS) is 10.4. The molecule has 1 heterocycles. The maximum absolute atomic E-state index is 10.9. The van der Waals surface area contributed by atoms with Crippen LogP contribution in [0.2, 0.25) is 5.15 Å². The van der Waals surface area contributed by atoms with E-state index >= 15 is 0 Å². The molecule has 0 saturated carbocycles. The first-order valence-corrected chi connectivity index (χ1v) is 4.93. The molecule has 0 unspecified atom stereocenters. The number of aryl methyl sites for hydroxylation is 1.